The maximum atomic E-state index is 2.30. The first kappa shape index (κ1) is 3.89. The van der Waals surface area contributed by atoms with Gasteiger partial charge >= 0.3 is 0 Å². The van der Waals surface area contributed by atoms with Gasteiger partial charge in [-0.2, -0.15) is 0 Å². The fraction of sp³-hybridized carbons (Fsp3) is 0.111. The molecule has 0 aliphatic heterocycles. The molecule has 0 heterocycles. The lowest BCUT2D eigenvalue weighted by atomic mass is 9.90. The van der Waals surface area contributed by atoms with Gasteiger partial charge in [-0.3, -0.25) is 0 Å². The van der Waals surface area contributed by atoms with E-state index in [1.54, 1.807) is 0 Å². The van der Waals surface area contributed by atoms with Crippen LogP contribution in [-0.2, 0) is 0 Å². The molecule has 0 radical (unpaired) electrons. The van der Waals surface area contributed by atoms with Gasteiger partial charge < -0.3 is 0 Å². The second-order valence-electron chi connectivity index (χ2n) is 2.70. The SMILES string of the molecule is C1=CC2=C3C(=CC2)C=C13. The summed E-state index contributed by atoms with van der Waals surface area (Å²) in [6.45, 7) is 0. The zero-order chi connectivity index (χ0) is 5.84. The van der Waals surface area contributed by atoms with Gasteiger partial charge in [-0.15, -0.1) is 0 Å². The highest BCUT2D eigenvalue weighted by molar-refractivity contribution is 5.77. The molecule has 0 heteroatoms. The Balaban J connectivity index is 2.45. The van der Waals surface area contributed by atoms with Crippen LogP contribution < -0.4 is 0 Å². The van der Waals surface area contributed by atoms with E-state index in [1.165, 1.54) is 28.7 Å². The second kappa shape index (κ2) is 0.971. The van der Waals surface area contributed by atoms with E-state index in [0.29, 0.717) is 0 Å². The van der Waals surface area contributed by atoms with Crippen molar-refractivity contribution in [3.63, 3.8) is 0 Å². The minimum atomic E-state index is 1.17. The minimum Gasteiger partial charge on any atom is -0.0722 e. The van der Waals surface area contributed by atoms with Crippen LogP contribution in [0.1, 0.15) is 6.42 Å². The molecule has 0 saturated heterocycles. The quantitative estimate of drug-likeness (QED) is 0.452. The van der Waals surface area contributed by atoms with Crippen molar-refractivity contribution in [3.8, 4) is 0 Å². The Morgan fingerprint density at radius 1 is 1.11 bits per heavy atom. The predicted octanol–water partition coefficient (Wildman–Crippen LogP) is 2.12. The van der Waals surface area contributed by atoms with Gasteiger partial charge in [-0.25, -0.2) is 0 Å². The molecule has 0 atom stereocenters. The fourth-order valence-corrected chi connectivity index (χ4v) is 1.73. The van der Waals surface area contributed by atoms with Crippen molar-refractivity contribution < 1.29 is 0 Å². The Kier molecular flexibility index (Phi) is 0.419. The lowest BCUT2D eigenvalue weighted by Gasteiger charge is -2.13. The molecule has 3 aliphatic carbocycles. The third kappa shape index (κ3) is 0.275. The van der Waals surface area contributed by atoms with Crippen LogP contribution in [0.5, 0.6) is 0 Å². The van der Waals surface area contributed by atoms with Crippen LogP contribution >= 0.6 is 0 Å². The van der Waals surface area contributed by atoms with Gasteiger partial charge in [0.05, 0.1) is 0 Å². The highest BCUT2D eigenvalue weighted by Crippen LogP contribution is 2.45. The van der Waals surface area contributed by atoms with E-state index < -0.39 is 0 Å². The average molecular weight is 114 g/mol. The average Bonchev–Trinajstić information content (AvgIpc) is 2.13. The van der Waals surface area contributed by atoms with E-state index in [2.05, 4.69) is 24.3 Å². The Morgan fingerprint density at radius 2 is 2.11 bits per heavy atom. The van der Waals surface area contributed by atoms with E-state index in [1.807, 2.05) is 0 Å². The Labute approximate surface area is 53.9 Å². The van der Waals surface area contributed by atoms with Crippen molar-refractivity contribution in [1.29, 1.82) is 0 Å². The van der Waals surface area contributed by atoms with E-state index in [9.17, 15) is 0 Å². The molecule has 0 bridgehead atoms. The van der Waals surface area contributed by atoms with Crippen molar-refractivity contribution in [3.05, 3.63) is 46.6 Å². The molecule has 0 nitrogen and oxygen atoms in total. The molecule has 0 amide bonds. The Morgan fingerprint density at radius 3 is 3.00 bits per heavy atom. The molecule has 9 heavy (non-hydrogen) atoms. The molecule has 0 unspecified atom stereocenters. The first-order chi connectivity index (χ1) is 4.45. The van der Waals surface area contributed by atoms with Crippen LogP contribution in [0.2, 0.25) is 0 Å². The van der Waals surface area contributed by atoms with Gasteiger partial charge in [0.15, 0.2) is 0 Å². The number of rotatable bonds is 0. The van der Waals surface area contributed by atoms with Crippen LogP contribution in [0.15, 0.2) is 46.6 Å². The molecule has 0 aromatic heterocycles. The van der Waals surface area contributed by atoms with E-state index in [4.69, 9.17) is 0 Å². The van der Waals surface area contributed by atoms with Gasteiger partial charge in [0.2, 0.25) is 0 Å². The monoisotopic (exact) mass is 114 g/mol. The summed E-state index contributed by atoms with van der Waals surface area (Å²) in [5.41, 5.74) is 6.00. The summed E-state index contributed by atoms with van der Waals surface area (Å²) in [6, 6.07) is 0. The summed E-state index contributed by atoms with van der Waals surface area (Å²) in [7, 11) is 0. The molecule has 0 aromatic carbocycles. The molecule has 0 spiro atoms. The summed E-state index contributed by atoms with van der Waals surface area (Å²) >= 11 is 0. The maximum absolute atomic E-state index is 2.30. The maximum Gasteiger partial charge on any atom is -0.00788 e. The molecule has 0 N–H and O–H groups in total. The largest absolute Gasteiger partial charge is 0.0722 e. The number of allylic oxidation sites excluding steroid dienone is 8. The minimum absolute atomic E-state index is 1.17. The molecule has 42 valence electrons. The molecular weight excluding hydrogens is 108 g/mol. The number of hydrogen-bond donors (Lipinski definition) is 0. The predicted molar refractivity (Wildman–Crippen MR) is 36.9 cm³/mol. The van der Waals surface area contributed by atoms with E-state index in [-0.39, 0.29) is 0 Å². The number of hydrogen-bond acceptors (Lipinski definition) is 0. The van der Waals surface area contributed by atoms with Crippen molar-refractivity contribution in [2.75, 3.05) is 0 Å². The normalized spacial score (nSPS) is 25.8. The van der Waals surface area contributed by atoms with Crippen LogP contribution in [0.4, 0.5) is 0 Å². The molecule has 3 aliphatic rings. The lowest BCUT2D eigenvalue weighted by Crippen LogP contribution is -1.96. The van der Waals surface area contributed by atoms with Crippen LogP contribution in [0.3, 0.4) is 0 Å². The Hall–Kier alpha value is -1.04. The van der Waals surface area contributed by atoms with Gasteiger partial charge in [0.1, 0.15) is 0 Å². The summed E-state index contributed by atoms with van der Waals surface area (Å²) < 4.78 is 0. The zero-order valence-electron chi connectivity index (χ0n) is 5.02. The van der Waals surface area contributed by atoms with Gasteiger partial charge in [-0.05, 0) is 34.8 Å². The highest BCUT2D eigenvalue weighted by Gasteiger charge is 2.27. The third-order valence-electron chi connectivity index (χ3n) is 2.22. The summed E-state index contributed by atoms with van der Waals surface area (Å²) in [6.07, 6.45) is 10.2. The van der Waals surface area contributed by atoms with Crippen LogP contribution in [0, 0.1) is 0 Å². The first-order valence-corrected chi connectivity index (χ1v) is 3.29. The van der Waals surface area contributed by atoms with Crippen LogP contribution in [0.25, 0.3) is 0 Å². The lowest BCUT2D eigenvalue weighted by molar-refractivity contribution is 1.34. The highest BCUT2D eigenvalue weighted by atomic mass is 14.3. The zero-order valence-corrected chi connectivity index (χ0v) is 5.02. The second-order valence-corrected chi connectivity index (χ2v) is 2.70. The van der Waals surface area contributed by atoms with E-state index >= 15 is 0 Å². The topological polar surface area (TPSA) is 0 Å². The summed E-state index contributed by atoms with van der Waals surface area (Å²) in [5.74, 6) is 0. The Bertz CT molecular complexity index is 309. The molecule has 3 rings (SSSR count). The van der Waals surface area contributed by atoms with Crippen molar-refractivity contribution in [2.24, 2.45) is 0 Å². The molecule has 0 saturated carbocycles. The van der Waals surface area contributed by atoms with Crippen molar-refractivity contribution >= 4 is 0 Å². The molecular formula is C9H6. The van der Waals surface area contributed by atoms with Crippen molar-refractivity contribution in [1.82, 2.24) is 0 Å². The molecule has 0 aromatic rings. The standard InChI is InChI=1S/C9H6/c1-3-7-5-8-4-2-6(1)9(7)8/h1,3-5H,2H2. The van der Waals surface area contributed by atoms with Crippen molar-refractivity contribution in [2.45, 2.75) is 6.42 Å². The fourth-order valence-electron chi connectivity index (χ4n) is 1.73. The van der Waals surface area contributed by atoms with Gasteiger partial charge in [0.25, 0.3) is 0 Å². The van der Waals surface area contributed by atoms with Crippen LogP contribution in [-0.4, -0.2) is 0 Å². The molecule has 0 fully saturated rings. The van der Waals surface area contributed by atoms with Gasteiger partial charge in [-0.1, -0.05) is 18.2 Å². The first-order valence-electron chi connectivity index (χ1n) is 3.29. The summed E-state index contributed by atoms with van der Waals surface area (Å²) in [4.78, 5) is 0. The smallest absolute Gasteiger partial charge is 0.00788 e. The van der Waals surface area contributed by atoms with E-state index in [0.717, 1.165) is 0 Å². The summed E-state index contributed by atoms with van der Waals surface area (Å²) in [5, 5.41) is 0. The van der Waals surface area contributed by atoms with Gasteiger partial charge in [0, 0.05) is 0 Å². The third-order valence-corrected chi connectivity index (χ3v) is 2.22.